The van der Waals surface area contributed by atoms with Gasteiger partial charge in [-0.3, -0.25) is 9.78 Å². The second-order valence-corrected chi connectivity index (χ2v) is 9.38. The molecule has 0 radical (unpaired) electrons. The topological polar surface area (TPSA) is 60.9 Å². The molecule has 0 bridgehead atoms. The number of ether oxygens (including phenoxy) is 3. The summed E-state index contributed by atoms with van der Waals surface area (Å²) in [7, 11) is 1.66. The van der Waals surface area contributed by atoms with Crippen molar-refractivity contribution >= 4 is 16.7 Å². The number of methoxy groups -OCH3 is 1. The lowest BCUT2D eigenvalue weighted by atomic mass is 9.72. The van der Waals surface area contributed by atoms with Crippen LogP contribution in [0.15, 0.2) is 60.9 Å². The molecule has 5 rings (SSSR count). The molecule has 178 valence electrons. The maximum atomic E-state index is 14.1. The van der Waals surface area contributed by atoms with Crippen molar-refractivity contribution in [1.82, 2.24) is 9.88 Å². The summed E-state index contributed by atoms with van der Waals surface area (Å²) in [6.07, 6.45) is 5.98. The molecule has 2 saturated heterocycles. The van der Waals surface area contributed by atoms with Crippen molar-refractivity contribution in [3.05, 3.63) is 72.1 Å². The molecule has 1 atom stereocenters. The molecule has 0 spiro atoms. The van der Waals surface area contributed by atoms with Crippen LogP contribution in [0.4, 0.5) is 0 Å². The number of carbonyl (C=O) groups excluding carboxylic acids is 1. The Morgan fingerprint density at radius 1 is 1.06 bits per heavy atom. The Bertz CT molecular complexity index is 1120. The van der Waals surface area contributed by atoms with Gasteiger partial charge in [0.25, 0.3) is 0 Å². The number of hydrogen-bond acceptors (Lipinski definition) is 5. The zero-order valence-corrected chi connectivity index (χ0v) is 19.7. The average Bonchev–Trinajstić information content (AvgIpc) is 3.14. The fourth-order valence-electron chi connectivity index (χ4n) is 5.34. The molecule has 3 aromatic rings. The van der Waals surface area contributed by atoms with Gasteiger partial charge in [-0.15, -0.1) is 0 Å². The van der Waals surface area contributed by atoms with Crippen LogP contribution in [-0.2, 0) is 26.1 Å². The summed E-state index contributed by atoms with van der Waals surface area (Å²) in [5.74, 6) is 1.24. The third-order valence-corrected chi connectivity index (χ3v) is 7.25. The maximum absolute atomic E-state index is 14.1. The first-order chi connectivity index (χ1) is 16.7. The smallest absolute Gasteiger partial charge is 0.233 e. The van der Waals surface area contributed by atoms with Gasteiger partial charge in [0.1, 0.15) is 5.75 Å². The Balaban J connectivity index is 1.37. The summed E-state index contributed by atoms with van der Waals surface area (Å²) in [6, 6.07) is 16.5. The zero-order chi connectivity index (χ0) is 23.4. The van der Waals surface area contributed by atoms with Crippen molar-refractivity contribution in [2.45, 2.75) is 24.7 Å². The van der Waals surface area contributed by atoms with E-state index in [1.165, 1.54) is 10.9 Å². The van der Waals surface area contributed by atoms with Crippen molar-refractivity contribution in [3.8, 4) is 5.75 Å². The van der Waals surface area contributed by atoms with E-state index in [-0.39, 0.29) is 11.8 Å². The molecule has 1 amide bonds. The van der Waals surface area contributed by atoms with Crippen LogP contribution in [0.2, 0.25) is 0 Å². The van der Waals surface area contributed by atoms with Crippen LogP contribution in [0.5, 0.6) is 5.75 Å². The molecule has 6 nitrogen and oxygen atoms in total. The van der Waals surface area contributed by atoms with Crippen LogP contribution < -0.4 is 4.74 Å². The molecular weight excluding hydrogens is 428 g/mol. The van der Waals surface area contributed by atoms with E-state index in [4.69, 9.17) is 14.2 Å². The van der Waals surface area contributed by atoms with Crippen LogP contribution >= 0.6 is 0 Å². The Kier molecular flexibility index (Phi) is 6.79. The number of aromatic nitrogens is 1. The van der Waals surface area contributed by atoms with E-state index in [1.807, 2.05) is 47.6 Å². The van der Waals surface area contributed by atoms with Crippen LogP contribution in [0.25, 0.3) is 10.8 Å². The van der Waals surface area contributed by atoms with Crippen molar-refractivity contribution in [3.63, 3.8) is 0 Å². The number of nitrogens with zero attached hydrogens (tertiary/aromatic N) is 2. The molecular formula is C28H32N2O4. The van der Waals surface area contributed by atoms with E-state index >= 15 is 0 Å². The predicted octanol–water partition coefficient (Wildman–Crippen LogP) is 4.01. The van der Waals surface area contributed by atoms with Gasteiger partial charge < -0.3 is 19.1 Å². The van der Waals surface area contributed by atoms with Crippen LogP contribution in [-0.4, -0.2) is 62.4 Å². The van der Waals surface area contributed by atoms with Gasteiger partial charge in [0, 0.05) is 50.0 Å². The van der Waals surface area contributed by atoms with Gasteiger partial charge in [0.15, 0.2) is 0 Å². The first-order valence-corrected chi connectivity index (χ1v) is 12.1. The molecule has 1 aromatic heterocycles. The van der Waals surface area contributed by atoms with E-state index in [0.29, 0.717) is 52.4 Å². The molecule has 2 aliphatic rings. The SMILES string of the molecule is COc1ccc(C2(C(=O)N3CCOC[C@@H](Cc4ccc5cnccc5c4)C3)CCOCC2)cc1. The summed E-state index contributed by atoms with van der Waals surface area (Å²) in [6.45, 7) is 3.75. The lowest BCUT2D eigenvalue weighted by Gasteiger charge is -2.40. The summed E-state index contributed by atoms with van der Waals surface area (Å²) < 4.78 is 17.0. The minimum absolute atomic E-state index is 0.195. The van der Waals surface area contributed by atoms with Gasteiger partial charge >= 0.3 is 0 Å². The molecule has 34 heavy (non-hydrogen) atoms. The summed E-state index contributed by atoms with van der Waals surface area (Å²) in [5, 5.41) is 2.33. The minimum atomic E-state index is -0.560. The Hall–Kier alpha value is -2.96. The summed E-state index contributed by atoms with van der Waals surface area (Å²) >= 11 is 0. The highest BCUT2D eigenvalue weighted by Gasteiger charge is 2.44. The highest BCUT2D eigenvalue weighted by atomic mass is 16.5. The number of rotatable bonds is 5. The van der Waals surface area contributed by atoms with E-state index in [9.17, 15) is 4.79 Å². The highest BCUT2D eigenvalue weighted by molar-refractivity contribution is 5.88. The van der Waals surface area contributed by atoms with Crippen LogP contribution in [0.1, 0.15) is 24.0 Å². The van der Waals surface area contributed by atoms with Crippen molar-refractivity contribution < 1.29 is 19.0 Å². The van der Waals surface area contributed by atoms with E-state index in [1.54, 1.807) is 7.11 Å². The number of carbonyl (C=O) groups is 1. The maximum Gasteiger partial charge on any atom is 0.233 e. The monoisotopic (exact) mass is 460 g/mol. The number of hydrogen-bond donors (Lipinski definition) is 0. The number of amides is 1. The largest absolute Gasteiger partial charge is 0.497 e. The molecule has 2 aliphatic heterocycles. The predicted molar refractivity (Wildman–Crippen MR) is 131 cm³/mol. The molecule has 6 heteroatoms. The van der Waals surface area contributed by atoms with Crippen molar-refractivity contribution in [1.29, 1.82) is 0 Å². The number of pyridine rings is 1. The third kappa shape index (κ3) is 4.65. The van der Waals surface area contributed by atoms with Gasteiger partial charge in [-0.2, -0.15) is 0 Å². The first kappa shape index (κ1) is 22.8. The third-order valence-electron chi connectivity index (χ3n) is 7.25. The van der Waals surface area contributed by atoms with E-state index in [0.717, 1.165) is 23.1 Å². The van der Waals surface area contributed by atoms with Gasteiger partial charge in [-0.05, 0) is 54.0 Å². The normalized spacial score (nSPS) is 20.6. The summed E-state index contributed by atoms with van der Waals surface area (Å²) in [4.78, 5) is 20.4. The lowest BCUT2D eigenvalue weighted by molar-refractivity contribution is -0.141. The Morgan fingerprint density at radius 3 is 2.68 bits per heavy atom. The molecule has 0 saturated carbocycles. The van der Waals surface area contributed by atoms with Crippen molar-refractivity contribution in [2.24, 2.45) is 5.92 Å². The van der Waals surface area contributed by atoms with Crippen LogP contribution in [0.3, 0.4) is 0 Å². The second kappa shape index (κ2) is 10.1. The second-order valence-electron chi connectivity index (χ2n) is 9.38. The molecule has 0 aliphatic carbocycles. The standard InChI is InChI=1S/C28H32N2O4/c1-32-26-6-4-25(5-7-26)28(9-13-33-14-10-28)27(31)30-12-15-34-20-22(19-30)16-21-2-3-24-18-29-11-8-23(24)17-21/h2-8,11,17-18,22H,9-10,12-16,19-20H2,1H3/t22-/m0/s1. The van der Waals surface area contributed by atoms with Gasteiger partial charge in [0.2, 0.25) is 5.91 Å². The van der Waals surface area contributed by atoms with Gasteiger partial charge in [0.05, 0.1) is 25.7 Å². The number of benzene rings is 2. The molecule has 2 aromatic carbocycles. The zero-order valence-electron chi connectivity index (χ0n) is 19.7. The Labute approximate surface area is 200 Å². The molecule has 2 fully saturated rings. The minimum Gasteiger partial charge on any atom is -0.497 e. The molecule has 0 unspecified atom stereocenters. The van der Waals surface area contributed by atoms with Gasteiger partial charge in [-0.25, -0.2) is 0 Å². The molecule has 0 N–H and O–H groups in total. The highest BCUT2D eigenvalue weighted by Crippen LogP contribution is 2.38. The summed E-state index contributed by atoms with van der Waals surface area (Å²) in [5.41, 5.74) is 1.75. The van der Waals surface area contributed by atoms with E-state index < -0.39 is 5.41 Å². The van der Waals surface area contributed by atoms with Crippen LogP contribution in [0, 0.1) is 5.92 Å². The lowest BCUT2D eigenvalue weighted by Crippen LogP contribution is -2.51. The average molecular weight is 461 g/mol. The van der Waals surface area contributed by atoms with E-state index in [2.05, 4.69) is 23.2 Å². The van der Waals surface area contributed by atoms with Gasteiger partial charge in [-0.1, -0.05) is 30.3 Å². The Morgan fingerprint density at radius 2 is 1.88 bits per heavy atom. The number of fused-ring (bicyclic) bond motifs is 1. The molecule has 3 heterocycles. The van der Waals surface area contributed by atoms with Crippen molar-refractivity contribution in [2.75, 3.05) is 46.6 Å². The quantitative estimate of drug-likeness (QED) is 0.576. The fourth-order valence-corrected chi connectivity index (χ4v) is 5.34. The first-order valence-electron chi connectivity index (χ1n) is 12.1. The fraction of sp³-hybridized carbons (Fsp3) is 0.429.